The first kappa shape index (κ1) is 8.52. The molecule has 2 heteroatoms. The maximum absolute atomic E-state index is 9.04. The van der Waals surface area contributed by atoms with Gasteiger partial charge in [-0.2, -0.15) is 0 Å². The molecule has 3 atom stereocenters. The van der Waals surface area contributed by atoms with E-state index in [1.54, 1.807) is 0 Å². The molecule has 2 rings (SSSR count). The standard InChI is InChI=1S/C10H19NO/c1-9(2)7-4-5-10(9,3)8(6-7)11-12/h7-8,11-12H,4-6H2,1-3H3. The average Bonchev–Trinajstić information content (AvgIpc) is 2.34. The SMILES string of the molecule is CC1(C)C2CCC1(C)C(NO)C2. The molecule has 2 aliphatic rings. The van der Waals surface area contributed by atoms with Gasteiger partial charge in [0, 0.05) is 6.04 Å². The van der Waals surface area contributed by atoms with Crippen molar-refractivity contribution in [2.45, 2.75) is 46.1 Å². The van der Waals surface area contributed by atoms with Gasteiger partial charge in [-0.15, -0.1) is 0 Å². The predicted octanol–water partition coefficient (Wildman–Crippen LogP) is 2.18. The van der Waals surface area contributed by atoms with Crippen LogP contribution in [0.1, 0.15) is 40.0 Å². The molecular formula is C10H19NO. The molecule has 0 saturated heterocycles. The Hall–Kier alpha value is -0.0800. The van der Waals surface area contributed by atoms with Crippen molar-refractivity contribution in [2.75, 3.05) is 0 Å². The molecule has 2 fully saturated rings. The van der Waals surface area contributed by atoms with Crippen molar-refractivity contribution in [3.05, 3.63) is 0 Å². The summed E-state index contributed by atoms with van der Waals surface area (Å²) in [6.45, 7) is 7.01. The Morgan fingerprint density at radius 3 is 2.25 bits per heavy atom. The summed E-state index contributed by atoms with van der Waals surface area (Å²) in [7, 11) is 0. The molecule has 0 aromatic rings. The Morgan fingerprint density at radius 2 is 2.00 bits per heavy atom. The summed E-state index contributed by atoms with van der Waals surface area (Å²) in [5.74, 6) is 0.812. The second-order valence-electron chi connectivity index (χ2n) is 5.29. The fourth-order valence-electron chi connectivity index (χ4n) is 3.40. The van der Waals surface area contributed by atoms with Gasteiger partial charge in [-0.05, 0) is 36.0 Å². The van der Waals surface area contributed by atoms with E-state index < -0.39 is 0 Å². The summed E-state index contributed by atoms with van der Waals surface area (Å²) in [4.78, 5) is 0. The number of hydrogen-bond acceptors (Lipinski definition) is 2. The maximum Gasteiger partial charge on any atom is 0.0381 e. The summed E-state index contributed by atoms with van der Waals surface area (Å²) < 4.78 is 0. The van der Waals surface area contributed by atoms with Gasteiger partial charge in [-0.1, -0.05) is 20.8 Å². The van der Waals surface area contributed by atoms with Crippen molar-refractivity contribution < 1.29 is 5.21 Å². The zero-order valence-electron chi connectivity index (χ0n) is 8.22. The fourth-order valence-corrected chi connectivity index (χ4v) is 3.40. The smallest absolute Gasteiger partial charge is 0.0381 e. The zero-order chi connectivity index (χ0) is 8.98. The molecule has 0 amide bonds. The molecule has 0 aliphatic heterocycles. The molecule has 0 heterocycles. The van der Waals surface area contributed by atoms with Crippen molar-refractivity contribution in [1.29, 1.82) is 0 Å². The van der Waals surface area contributed by atoms with Gasteiger partial charge in [-0.3, -0.25) is 0 Å². The normalized spacial score (nSPS) is 50.0. The van der Waals surface area contributed by atoms with Crippen LogP contribution >= 0.6 is 0 Å². The Kier molecular flexibility index (Phi) is 1.59. The summed E-state index contributed by atoms with van der Waals surface area (Å²) in [6.07, 6.45) is 3.77. The minimum absolute atomic E-state index is 0.312. The van der Waals surface area contributed by atoms with Crippen molar-refractivity contribution in [2.24, 2.45) is 16.7 Å². The van der Waals surface area contributed by atoms with E-state index in [9.17, 15) is 0 Å². The van der Waals surface area contributed by atoms with Gasteiger partial charge in [0.25, 0.3) is 0 Å². The van der Waals surface area contributed by atoms with E-state index in [-0.39, 0.29) is 0 Å². The second-order valence-corrected chi connectivity index (χ2v) is 5.29. The molecule has 2 bridgehead atoms. The largest absolute Gasteiger partial charge is 0.317 e. The lowest BCUT2D eigenvalue weighted by molar-refractivity contribution is 0.0348. The van der Waals surface area contributed by atoms with Crippen LogP contribution in [0.25, 0.3) is 0 Å². The first-order valence-electron chi connectivity index (χ1n) is 4.92. The number of fused-ring (bicyclic) bond motifs is 2. The second kappa shape index (κ2) is 2.24. The minimum atomic E-state index is 0.312. The predicted molar refractivity (Wildman–Crippen MR) is 47.9 cm³/mol. The Morgan fingerprint density at radius 1 is 1.33 bits per heavy atom. The average molecular weight is 169 g/mol. The minimum Gasteiger partial charge on any atom is -0.317 e. The third kappa shape index (κ3) is 0.728. The van der Waals surface area contributed by atoms with Crippen LogP contribution in [0.3, 0.4) is 0 Å². The molecule has 12 heavy (non-hydrogen) atoms. The van der Waals surface area contributed by atoms with Crippen LogP contribution in [0.2, 0.25) is 0 Å². The van der Waals surface area contributed by atoms with Gasteiger partial charge in [-0.25, -0.2) is 5.48 Å². The van der Waals surface area contributed by atoms with Crippen LogP contribution in [0.5, 0.6) is 0 Å². The van der Waals surface area contributed by atoms with E-state index in [1.807, 2.05) is 0 Å². The molecule has 0 spiro atoms. The van der Waals surface area contributed by atoms with Crippen LogP contribution in [0.4, 0.5) is 0 Å². The first-order valence-corrected chi connectivity index (χ1v) is 4.92. The molecule has 0 aromatic carbocycles. The van der Waals surface area contributed by atoms with Gasteiger partial charge in [0.05, 0.1) is 0 Å². The Labute approximate surface area is 74.3 Å². The number of hydrogen-bond donors (Lipinski definition) is 2. The highest BCUT2D eigenvalue weighted by atomic mass is 16.5. The van der Waals surface area contributed by atoms with Crippen LogP contribution in [-0.4, -0.2) is 11.2 Å². The van der Waals surface area contributed by atoms with E-state index >= 15 is 0 Å². The third-order valence-corrected chi connectivity index (χ3v) is 4.95. The Bertz CT molecular complexity index is 202. The lowest BCUT2D eigenvalue weighted by atomic mass is 9.69. The van der Waals surface area contributed by atoms with Gasteiger partial charge in [0.2, 0.25) is 0 Å². The lowest BCUT2D eigenvalue weighted by Gasteiger charge is -2.38. The molecule has 0 aromatic heterocycles. The molecule has 2 N–H and O–H groups in total. The number of rotatable bonds is 1. The van der Waals surface area contributed by atoms with E-state index in [0.29, 0.717) is 16.9 Å². The highest BCUT2D eigenvalue weighted by Gasteiger charge is 2.61. The molecule has 2 aliphatic carbocycles. The Balaban J connectivity index is 2.33. The van der Waals surface area contributed by atoms with Crippen molar-refractivity contribution >= 4 is 0 Å². The maximum atomic E-state index is 9.04. The van der Waals surface area contributed by atoms with Crippen LogP contribution in [-0.2, 0) is 0 Å². The quantitative estimate of drug-likeness (QED) is 0.590. The lowest BCUT2D eigenvalue weighted by Crippen LogP contribution is -2.43. The fraction of sp³-hybridized carbons (Fsp3) is 1.00. The molecule has 70 valence electrons. The van der Waals surface area contributed by atoms with Crippen LogP contribution in [0, 0.1) is 16.7 Å². The van der Waals surface area contributed by atoms with Crippen molar-refractivity contribution in [1.82, 2.24) is 5.48 Å². The van der Waals surface area contributed by atoms with Gasteiger partial charge in [0.1, 0.15) is 0 Å². The first-order chi connectivity index (χ1) is 5.52. The monoisotopic (exact) mass is 169 g/mol. The molecule has 0 radical (unpaired) electrons. The van der Waals surface area contributed by atoms with Crippen molar-refractivity contribution in [3.8, 4) is 0 Å². The third-order valence-electron chi connectivity index (χ3n) is 4.95. The van der Waals surface area contributed by atoms with E-state index in [0.717, 1.165) is 12.3 Å². The summed E-state index contributed by atoms with van der Waals surface area (Å²) >= 11 is 0. The highest BCUT2D eigenvalue weighted by Crippen LogP contribution is 2.65. The van der Waals surface area contributed by atoms with Crippen LogP contribution < -0.4 is 5.48 Å². The molecular weight excluding hydrogens is 150 g/mol. The molecule has 2 nitrogen and oxygen atoms in total. The topological polar surface area (TPSA) is 32.3 Å². The van der Waals surface area contributed by atoms with E-state index in [4.69, 9.17) is 5.21 Å². The van der Waals surface area contributed by atoms with Crippen molar-refractivity contribution in [3.63, 3.8) is 0 Å². The summed E-state index contributed by atoms with van der Waals surface area (Å²) in [5, 5.41) is 9.04. The molecule has 2 saturated carbocycles. The highest BCUT2D eigenvalue weighted by molar-refractivity contribution is 5.12. The summed E-state index contributed by atoms with van der Waals surface area (Å²) in [6, 6.07) is 0.325. The zero-order valence-corrected chi connectivity index (χ0v) is 8.22. The van der Waals surface area contributed by atoms with Gasteiger partial charge < -0.3 is 5.21 Å². The number of nitrogens with one attached hydrogen (secondary N) is 1. The summed E-state index contributed by atoms with van der Waals surface area (Å²) in [5.41, 5.74) is 3.21. The van der Waals surface area contributed by atoms with Gasteiger partial charge in [0.15, 0.2) is 0 Å². The number of hydroxylamine groups is 1. The van der Waals surface area contributed by atoms with Gasteiger partial charge >= 0.3 is 0 Å². The van der Waals surface area contributed by atoms with E-state index in [1.165, 1.54) is 12.8 Å². The molecule has 3 unspecified atom stereocenters. The van der Waals surface area contributed by atoms with Crippen LogP contribution in [0.15, 0.2) is 0 Å². The van der Waals surface area contributed by atoms with E-state index in [2.05, 4.69) is 26.3 Å².